The van der Waals surface area contributed by atoms with Gasteiger partial charge in [-0.25, -0.2) is 4.39 Å². The van der Waals surface area contributed by atoms with Gasteiger partial charge >= 0.3 is 0 Å². The molecule has 0 fully saturated rings. The van der Waals surface area contributed by atoms with Gasteiger partial charge in [-0.15, -0.1) is 0 Å². The minimum absolute atomic E-state index is 0.0887. The first kappa shape index (κ1) is 14.7. The third-order valence-electron chi connectivity index (χ3n) is 4.29. The number of carbonyl (C=O) groups excluding carboxylic acids is 1. The Morgan fingerprint density at radius 3 is 2.41 bits per heavy atom. The van der Waals surface area contributed by atoms with Crippen molar-refractivity contribution >= 4 is 11.4 Å². The Kier molecular flexibility index (Phi) is 4.19. The van der Waals surface area contributed by atoms with Crippen LogP contribution in [0.2, 0.25) is 0 Å². The lowest BCUT2D eigenvalue weighted by atomic mass is 9.92. The maximum absolute atomic E-state index is 14.1. The van der Waals surface area contributed by atoms with Crippen molar-refractivity contribution in [2.24, 2.45) is 0 Å². The third kappa shape index (κ3) is 2.61. The summed E-state index contributed by atoms with van der Waals surface area (Å²) in [7, 11) is 0. The molecule has 2 heteroatoms. The highest BCUT2D eigenvalue weighted by Gasteiger charge is 2.35. The highest BCUT2D eigenvalue weighted by molar-refractivity contribution is 6.11. The van der Waals surface area contributed by atoms with Gasteiger partial charge in [-0.2, -0.15) is 0 Å². The van der Waals surface area contributed by atoms with Crippen LogP contribution in [0.5, 0.6) is 0 Å². The summed E-state index contributed by atoms with van der Waals surface area (Å²) >= 11 is 0. The Balaban J connectivity index is 2.02. The number of rotatable bonds is 4. The molecule has 22 heavy (non-hydrogen) atoms. The smallest absolute Gasteiger partial charge is 0.167 e. The molecule has 0 saturated heterocycles. The van der Waals surface area contributed by atoms with Crippen molar-refractivity contribution in [3.8, 4) is 0 Å². The van der Waals surface area contributed by atoms with Crippen molar-refractivity contribution in [1.29, 1.82) is 0 Å². The highest BCUT2D eigenvalue weighted by Crippen LogP contribution is 2.42. The van der Waals surface area contributed by atoms with Crippen molar-refractivity contribution in [2.75, 3.05) is 0 Å². The van der Waals surface area contributed by atoms with Gasteiger partial charge in [0, 0.05) is 0 Å². The van der Waals surface area contributed by atoms with Gasteiger partial charge < -0.3 is 0 Å². The zero-order valence-electron chi connectivity index (χ0n) is 12.7. The van der Waals surface area contributed by atoms with E-state index in [0.717, 1.165) is 29.6 Å². The van der Waals surface area contributed by atoms with Crippen LogP contribution >= 0.6 is 0 Å². The maximum Gasteiger partial charge on any atom is 0.167 e. The van der Waals surface area contributed by atoms with Crippen molar-refractivity contribution in [2.45, 2.75) is 32.1 Å². The normalized spacial score (nSPS) is 18.1. The molecule has 0 bridgehead atoms. The predicted molar refractivity (Wildman–Crippen MR) is 87.0 cm³/mol. The molecule has 2 aromatic carbocycles. The Labute approximate surface area is 130 Å². The number of allylic oxidation sites excluding steroid dienone is 2. The number of hydrogen-bond donors (Lipinski definition) is 0. The van der Waals surface area contributed by atoms with Crippen molar-refractivity contribution < 1.29 is 9.18 Å². The van der Waals surface area contributed by atoms with E-state index in [9.17, 15) is 9.18 Å². The van der Waals surface area contributed by atoms with E-state index in [1.165, 1.54) is 6.07 Å². The fourth-order valence-electron chi connectivity index (χ4n) is 3.24. The molecule has 1 atom stereocenters. The second kappa shape index (κ2) is 6.27. The monoisotopic (exact) mass is 294 g/mol. The molecular weight excluding hydrogens is 275 g/mol. The first-order chi connectivity index (χ1) is 10.7. The average Bonchev–Trinajstić information content (AvgIpc) is 2.86. The number of ketones is 1. The largest absolute Gasteiger partial charge is 0.294 e. The lowest BCUT2D eigenvalue weighted by Crippen LogP contribution is -2.10. The fraction of sp³-hybridized carbons (Fsp3) is 0.250. The highest BCUT2D eigenvalue weighted by atomic mass is 19.1. The molecule has 0 heterocycles. The lowest BCUT2D eigenvalue weighted by molar-refractivity contribution is -0.116. The van der Waals surface area contributed by atoms with E-state index >= 15 is 0 Å². The molecule has 0 aromatic heterocycles. The van der Waals surface area contributed by atoms with E-state index in [-0.39, 0.29) is 17.5 Å². The van der Waals surface area contributed by atoms with Crippen molar-refractivity contribution in [3.63, 3.8) is 0 Å². The first-order valence-electron chi connectivity index (χ1n) is 7.78. The van der Waals surface area contributed by atoms with Crippen LogP contribution in [0.1, 0.15) is 43.2 Å². The molecule has 0 radical (unpaired) electrons. The number of halogens is 1. The number of hydrogen-bond acceptors (Lipinski definition) is 1. The molecule has 0 spiro atoms. The van der Waals surface area contributed by atoms with E-state index in [4.69, 9.17) is 0 Å². The predicted octanol–water partition coefficient (Wildman–Crippen LogP) is 5.14. The zero-order valence-corrected chi connectivity index (χ0v) is 12.7. The van der Waals surface area contributed by atoms with Crippen LogP contribution in [0.3, 0.4) is 0 Å². The van der Waals surface area contributed by atoms with Gasteiger partial charge in [-0.05, 0) is 41.2 Å². The summed E-state index contributed by atoms with van der Waals surface area (Å²) in [5, 5.41) is 0. The van der Waals surface area contributed by atoms with Crippen molar-refractivity contribution in [1.82, 2.24) is 0 Å². The molecule has 1 nitrogen and oxygen atoms in total. The molecule has 2 aromatic rings. The van der Waals surface area contributed by atoms with Gasteiger partial charge in [-0.3, -0.25) is 4.79 Å². The SMILES string of the molecule is CCCC1=C(c2ccccc2)CC(c2ccccc2F)C1=O. The molecule has 1 aliphatic carbocycles. The van der Waals surface area contributed by atoms with Crippen LogP contribution in [0, 0.1) is 5.82 Å². The molecule has 1 unspecified atom stereocenters. The van der Waals surface area contributed by atoms with E-state index < -0.39 is 0 Å². The molecule has 0 saturated carbocycles. The molecule has 1 aliphatic rings. The Hall–Kier alpha value is -2.22. The minimum atomic E-state index is -0.377. The van der Waals surface area contributed by atoms with Gasteiger partial charge in [0.2, 0.25) is 0 Å². The number of benzene rings is 2. The minimum Gasteiger partial charge on any atom is -0.294 e. The standard InChI is InChI=1S/C20H19FO/c1-2-8-16-17(14-9-4-3-5-10-14)13-18(20(16)22)15-11-6-7-12-19(15)21/h3-7,9-12,18H,2,8,13H2,1H3. The summed E-state index contributed by atoms with van der Waals surface area (Å²) in [6, 6.07) is 16.6. The van der Waals surface area contributed by atoms with E-state index in [0.29, 0.717) is 12.0 Å². The van der Waals surface area contributed by atoms with Crippen LogP contribution in [0.15, 0.2) is 60.2 Å². The van der Waals surface area contributed by atoms with E-state index in [1.54, 1.807) is 18.2 Å². The van der Waals surface area contributed by atoms with Gasteiger partial charge in [0.25, 0.3) is 0 Å². The van der Waals surface area contributed by atoms with Crippen molar-refractivity contribution in [3.05, 3.63) is 77.1 Å². The summed E-state index contributed by atoms with van der Waals surface area (Å²) in [6.07, 6.45) is 2.27. The summed E-state index contributed by atoms with van der Waals surface area (Å²) in [6.45, 7) is 2.07. The number of carbonyl (C=O) groups is 1. The average molecular weight is 294 g/mol. The molecule has 112 valence electrons. The Morgan fingerprint density at radius 2 is 1.73 bits per heavy atom. The Morgan fingerprint density at radius 1 is 1.05 bits per heavy atom. The maximum atomic E-state index is 14.1. The topological polar surface area (TPSA) is 17.1 Å². The number of Topliss-reactive ketones (excluding diaryl/α,β-unsaturated/α-hetero) is 1. The van der Waals surface area contributed by atoms with Crippen LogP contribution in [0.4, 0.5) is 4.39 Å². The van der Waals surface area contributed by atoms with E-state index in [1.807, 2.05) is 30.3 Å². The second-order valence-electron chi connectivity index (χ2n) is 5.72. The van der Waals surface area contributed by atoms with Gasteiger partial charge in [-0.1, -0.05) is 61.9 Å². The van der Waals surface area contributed by atoms with Crippen LogP contribution < -0.4 is 0 Å². The Bertz CT molecular complexity index is 715. The molecule has 0 N–H and O–H groups in total. The summed E-state index contributed by atoms with van der Waals surface area (Å²) < 4.78 is 14.1. The third-order valence-corrected chi connectivity index (χ3v) is 4.29. The van der Waals surface area contributed by atoms with Gasteiger partial charge in [0.1, 0.15) is 5.82 Å². The van der Waals surface area contributed by atoms with Crippen LogP contribution in [0.25, 0.3) is 5.57 Å². The first-order valence-corrected chi connectivity index (χ1v) is 7.78. The lowest BCUT2D eigenvalue weighted by Gasteiger charge is -2.11. The zero-order chi connectivity index (χ0) is 15.5. The fourth-order valence-corrected chi connectivity index (χ4v) is 3.24. The van der Waals surface area contributed by atoms with Gasteiger partial charge in [0.05, 0.1) is 5.92 Å². The summed E-state index contributed by atoms with van der Waals surface area (Å²) in [4.78, 5) is 12.8. The van der Waals surface area contributed by atoms with Gasteiger partial charge in [0.15, 0.2) is 5.78 Å². The second-order valence-corrected chi connectivity index (χ2v) is 5.72. The van der Waals surface area contributed by atoms with E-state index in [2.05, 4.69) is 6.92 Å². The molecule has 0 amide bonds. The molecular formula is C20H19FO. The quantitative estimate of drug-likeness (QED) is 0.763. The summed E-state index contributed by atoms with van der Waals surface area (Å²) in [5.74, 6) is -0.574. The summed E-state index contributed by atoms with van der Waals surface area (Å²) in [5.41, 5.74) is 3.56. The van der Waals surface area contributed by atoms with Crippen LogP contribution in [-0.2, 0) is 4.79 Å². The molecule has 3 rings (SSSR count). The van der Waals surface area contributed by atoms with Crippen LogP contribution in [-0.4, -0.2) is 5.78 Å². The molecule has 0 aliphatic heterocycles.